The van der Waals surface area contributed by atoms with Crippen LogP contribution in [-0.4, -0.2) is 56.3 Å². The van der Waals surface area contributed by atoms with E-state index in [1.54, 1.807) is 0 Å². The van der Waals surface area contributed by atoms with E-state index in [1.165, 1.54) is 70.8 Å². The van der Waals surface area contributed by atoms with Crippen LogP contribution in [0.1, 0.15) is 97.3 Å². The number of hydrogen-bond donors (Lipinski definition) is 1. The molecular weight excluding hydrogens is 360 g/mol. The molecule has 1 N–H and O–H groups in total. The summed E-state index contributed by atoms with van der Waals surface area (Å²) in [5.74, 6) is 0.222. The first-order valence-electron chi connectivity index (χ1n) is 12.4. The van der Waals surface area contributed by atoms with E-state index >= 15 is 0 Å². The summed E-state index contributed by atoms with van der Waals surface area (Å²) in [5.41, 5.74) is 0. The molecule has 1 aliphatic heterocycles. The second kappa shape index (κ2) is 15.9. The highest BCUT2D eigenvalue weighted by Crippen LogP contribution is 2.30. The lowest BCUT2D eigenvalue weighted by Gasteiger charge is -2.29. The van der Waals surface area contributed by atoms with Crippen LogP contribution in [0.5, 0.6) is 0 Å². The van der Waals surface area contributed by atoms with Crippen LogP contribution in [0, 0.1) is 0 Å². The molecule has 2 unspecified atom stereocenters. The summed E-state index contributed by atoms with van der Waals surface area (Å²) in [7, 11) is 4.46. The average molecular weight is 410 g/mol. The lowest BCUT2D eigenvalue weighted by molar-refractivity contribution is -0.889. The van der Waals surface area contributed by atoms with Crippen molar-refractivity contribution >= 4 is 5.91 Å². The minimum atomic E-state index is 0.222. The molecule has 0 aromatic carbocycles. The van der Waals surface area contributed by atoms with Gasteiger partial charge in [0.2, 0.25) is 5.91 Å². The molecule has 1 rings (SSSR count). The van der Waals surface area contributed by atoms with Crippen molar-refractivity contribution in [1.29, 1.82) is 0 Å². The standard InChI is InChI=1S/C25H48N2O2/c1-5-7-14-17-23-24(29-23)18-15-12-10-8-9-11-13-16-19-25(28)26-20-22-27(3,4)21-6-2/h12,15,23-24H,5-11,13-14,16-22H2,1-4H3/p+1/b15-12+. The third-order valence-electron chi connectivity index (χ3n) is 5.96. The van der Waals surface area contributed by atoms with Gasteiger partial charge in [-0.1, -0.05) is 64.5 Å². The Morgan fingerprint density at radius 1 is 0.897 bits per heavy atom. The van der Waals surface area contributed by atoms with Crippen LogP contribution in [0.4, 0.5) is 0 Å². The molecule has 4 heteroatoms. The van der Waals surface area contributed by atoms with Gasteiger partial charge in [0.25, 0.3) is 0 Å². The number of allylic oxidation sites excluding steroid dienone is 1. The fourth-order valence-corrected chi connectivity index (χ4v) is 3.97. The first kappa shape index (κ1) is 26.2. The number of unbranched alkanes of at least 4 members (excludes halogenated alkanes) is 7. The van der Waals surface area contributed by atoms with Crippen LogP contribution < -0.4 is 5.32 Å². The summed E-state index contributed by atoms with van der Waals surface area (Å²) >= 11 is 0. The molecule has 170 valence electrons. The molecule has 0 radical (unpaired) electrons. The minimum Gasteiger partial charge on any atom is -0.369 e. The Bertz CT molecular complexity index is 448. The van der Waals surface area contributed by atoms with E-state index in [4.69, 9.17) is 4.74 Å². The van der Waals surface area contributed by atoms with Crippen LogP contribution in [-0.2, 0) is 9.53 Å². The van der Waals surface area contributed by atoms with Crippen molar-refractivity contribution in [3.05, 3.63) is 12.2 Å². The predicted octanol–water partition coefficient (Wildman–Crippen LogP) is 5.61. The van der Waals surface area contributed by atoms with Crippen molar-refractivity contribution in [1.82, 2.24) is 5.32 Å². The number of nitrogens with zero attached hydrogens (tertiary/aromatic N) is 1. The normalized spacial score (nSPS) is 19.0. The van der Waals surface area contributed by atoms with Gasteiger partial charge in [-0.25, -0.2) is 0 Å². The Labute approximate surface area is 181 Å². The number of hydrogen-bond acceptors (Lipinski definition) is 2. The molecule has 0 aromatic heterocycles. The SMILES string of the molecule is CCCCCC1OC1C/C=C/CCCCCCCC(=O)NCC[N+](C)(C)CCC. The maximum absolute atomic E-state index is 11.9. The van der Waals surface area contributed by atoms with E-state index in [2.05, 4.69) is 45.4 Å². The first-order valence-corrected chi connectivity index (χ1v) is 12.4. The van der Waals surface area contributed by atoms with Crippen LogP contribution in [0.15, 0.2) is 12.2 Å². The average Bonchev–Trinajstić information content (AvgIpc) is 3.41. The van der Waals surface area contributed by atoms with Crippen molar-refractivity contribution in [3.63, 3.8) is 0 Å². The second-order valence-corrected chi connectivity index (χ2v) is 9.46. The van der Waals surface area contributed by atoms with Crippen LogP contribution in [0.3, 0.4) is 0 Å². The Kier molecular flexibility index (Phi) is 14.3. The van der Waals surface area contributed by atoms with Crippen molar-refractivity contribution in [3.8, 4) is 0 Å². The van der Waals surface area contributed by atoms with Gasteiger partial charge in [0, 0.05) is 6.42 Å². The fourth-order valence-electron chi connectivity index (χ4n) is 3.97. The molecular formula is C25H49N2O2+. The van der Waals surface area contributed by atoms with Gasteiger partial charge in [-0.3, -0.25) is 4.79 Å². The summed E-state index contributed by atoms with van der Waals surface area (Å²) in [6.45, 7) is 7.44. The van der Waals surface area contributed by atoms with E-state index < -0.39 is 0 Å². The minimum absolute atomic E-state index is 0.222. The van der Waals surface area contributed by atoms with Gasteiger partial charge in [0.15, 0.2) is 0 Å². The zero-order valence-corrected chi connectivity index (χ0v) is 19.9. The molecule has 0 bridgehead atoms. The summed E-state index contributed by atoms with van der Waals surface area (Å²) in [4.78, 5) is 11.9. The van der Waals surface area contributed by atoms with Crippen LogP contribution in [0.2, 0.25) is 0 Å². The van der Waals surface area contributed by atoms with Crippen molar-refractivity contribution in [2.45, 2.75) is 110 Å². The van der Waals surface area contributed by atoms with Crippen LogP contribution >= 0.6 is 0 Å². The van der Waals surface area contributed by atoms with Crippen molar-refractivity contribution in [2.24, 2.45) is 0 Å². The number of quaternary nitrogens is 1. The number of amides is 1. The van der Waals surface area contributed by atoms with E-state index in [-0.39, 0.29) is 5.91 Å². The van der Waals surface area contributed by atoms with Gasteiger partial charge in [-0.15, -0.1) is 0 Å². The van der Waals surface area contributed by atoms with Gasteiger partial charge >= 0.3 is 0 Å². The summed E-state index contributed by atoms with van der Waals surface area (Å²) < 4.78 is 6.71. The van der Waals surface area contributed by atoms with E-state index in [1.807, 2.05) is 0 Å². The Hall–Kier alpha value is -0.870. The number of carbonyl (C=O) groups is 1. The topological polar surface area (TPSA) is 41.6 Å². The summed E-state index contributed by atoms with van der Waals surface area (Å²) in [5, 5.41) is 3.08. The molecule has 4 nitrogen and oxygen atoms in total. The van der Waals surface area contributed by atoms with Crippen LogP contribution in [0.25, 0.3) is 0 Å². The zero-order valence-electron chi connectivity index (χ0n) is 19.9. The van der Waals surface area contributed by atoms with Gasteiger partial charge in [-0.2, -0.15) is 0 Å². The fraction of sp³-hybridized carbons (Fsp3) is 0.880. The molecule has 1 fully saturated rings. The second-order valence-electron chi connectivity index (χ2n) is 9.46. The van der Waals surface area contributed by atoms with Crippen molar-refractivity contribution in [2.75, 3.05) is 33.7 Å². The monoisotopic (exact) mass is 409 g/mol. The maximum Gasteiger partial charge on any atom is 0.220 e. The van der Waals surface area contributed by atoms with Gasteiger partial charge in [0.1, 0.15) is 0 Å². The van der Waals surface area contributed by atoms with Crippen molar-refractivity contribution < 1.29 is 14.0 Å². The Morgan fingerprint density at radius 2 is 1.66 bits per heavy atom. The number of ether oxygens (including phenoxy) is 1. The van der Waals surface area contributed by atoms with E-state index in [0.717, 1.165) is 30.4 Å². The lowest BCUT2D eigenvalue weighted by atomic mass is 10.1. The highest BCUT2D eigenvalue weighted by atomic mass is 16.6. The summed E-state index contributed by atoms with van der Waals surface area (Å²) in [6, 6.07) is 0. The molecule has 29 heavy (non-hydrogen) atoms. The van der Waals surface area contributed by atoms with Gasteiger partial charge < -0.3 is 14.5 Å². The number of epoxide rings is 1. The first-order chi connectivity index (χ1) is 14.0. The molecule has 1 amide bonds. The van der Waals surface area contributed by atoms with Gasteiger partial charge in [0.05, 0.1) is 45.9 Å². The molecule has 0 aromatic rings. The number of rotatable bonds is 19. The molecule has 2 atom stereocenters. The molecule has 1 heterocycles. The smallest absolute Gasteiger partial charge is 0.220 e. The Morgan fingerprint density at radius 3 is 2.41 bits per heavy atom. The van der Waals surface area contributed by atoms with E-state index in [9.17, 15) is 4.79 Å². The molecule has 0 saturated carbocycles. The molecule has 0 aliphatic carbocycles. The Balaban J connectivity index is 1.84. The highest BCUT2D eigenvalue weighted by molar-refractivity contribution is 5.75. The third kappa shape index (κ3) is 14.7. The van der Waals surface area contributed by atoms with E-state index in [0.29, 0.717) is 18.6 Å². The number of likely N-dealkylation sites (N-methyl/N-ethyl adjacent to an activating group) is 1. The molecule has 1 aliphatic rings. The molecule has 1 saturated heterocycles. The number of nitrogens with one attached hydrogen (secondary N) is 1. The predicted molar refractivity (Wildman–Crippen MR) is 124 cm³/mol. The zero-order chi connectivity index (χ0) is 21.4. The highest BCUT2D eigenvalue weighted by Gasteiger charge is 2.36. The maximum atomic E-state index is 11.9. The lowest BCUT2D eigenvalue weighted by Crippen LogP contribution is -2.45. The summed E-state index contributed by atoms with van der Waals surface area (Å²) in [6.07, 6.45) is 21.0. The quantitative estimate of drug-likeness (QED) is 0.130. The third-order valence-corrected chi connectivity index (χ3v) is 5.96. The molecule has 0 spiro atoms. The largest absolute Gasteiger partial charge is 0.369 e. The van der Waals surface area contributed by atoms with Gasteiger partial charge in [-0.05, 0) is 38.5 Å². The number of carbonyl (C=O) groups excluding carboxylic acids is 1.